The molecule has 1 fully saturated rings. The normalized spacial score (nSPS) is 38.1. The minimum Gasteiger partial charge on any atom is -0.388 e. The van der Waals surface area contributed by atoms with Crippen LogP contribution in [-0.2, 0) is 14.3 Å². The fraction of sp³-hybridized carbons (Fsp3) is 0.917. The summed E-state index contributed by atoms with van der Waals surface area (Å²) in [6.07, 6.45) is -14.0. The summed E-state index contributed by atoms with van der Waals surface area (Å²) in [5.41, 5.74) is 0. The van der Waals surface area contributed by atoms with Gasteiger partial charge in [-0.3, -0.25) is 0 Å². The van der Waals surface area contributed by atoms with Crippen LogP contribution in [0.4, 0.5) is 0 Å². The minimum atomic E-state index is -1.92. The van der Waals surface area contributed by atoms with E-state index < -0.39 is 61.7 Å². The van der Waals surface area contributed by atoms with Crippen LogP contribution in [0.2, 0.25) is 0 Å². The van der Waals surface area contributed by atoms with E-state index in [9.17, 15) is 35.4 Å². The van der Waals surface area contributed by atoms with Gasteiger partial charge in [0.2, 0.25) is 0 Å². The number of carbonyl (C=O) groups excluding carboxylic acids is 1. The lowest BCUT2D eigenvalue weighted by Crippen LogP contribution is -2.58. The Morgan fingerprint density at radius 1 is 1.05 bits per heavy atom. The van der Waals surface area contributed by atoms with E-state index in [0.717, 1.165) is 0 Å². The molecule has 0 aliphatic carbocycles. The number of hydrogen-bond acceptors (Lipinski definition) is 10. The molecule has 1 rings (SSSR count). The maximum atomic E-state index is 10.3. The van der Waals surface area contributed by atoms with Crippen molar-refractivity contribution in [2.75, 3.05) is 6.61 Å². The van der Waals surface area contributed by atoms with Crippen LogP contribution in [-0.4, -0.2) is 104 Å². The largest absolute Gasteiger partial charge is 0.388 e. The Balaban J connectivity index is 2.52. The zero-order valence-corrected chi connectivity index (χ0v) is 11.8. The maximum Gasteiger partial charge on any atom is 0.186 e. The highest BCUT2D eigenvalue weighted by Crippen LogP contribution is 2.22. The Labute approximate surface area is 126 Å². The van der Waals surface area contributed by atoms with E-state index in [1.807, 2.05) is 0 Å². The number of carbonyl (C=O) groups is 1. The highest BCUT2D eigenvalue weighted by atomic mass is 16.7. The first-order valence-electron chi connectivity index (χ1n) is 6.69. The molecule has 130 valence electrons. The molecule has 1 aliphatic heterocycles. The molecule has 0 aromatic rings. The average molecular weight is 326 g/mol. The molecule has 1 saturated heterocycles. The highest BCUT2D eigenvalue weighted by Gasteiger charge is 2.43. The van der Waals surface area contributed by atoms with Gasteiger partial charge in [-0.25, -0.2) is 0 Å². The molecule has 0 aromatic heterocycles. The second-order valence-corrected chi connectivity index (χ2v) is 5.19. The predicted octanol–water partition coefficient (Wildman–Crippen LogP) is -4.53. The van der Waals surface area contributed by atoms with Crippen molar-refractivity contribution < 1.29 is 50.0 Å². The molecule has 9 atom stereocenters. The van der Waals surface area contributed by atoms with Gasteiger partial charge in [-0.2, -0.15) is 0 Å². The third-order valence-corrected chi connectivity index (χ3v) is 3.47. The second-order valence-electron chi connectivity index (χ2n) is 5.19. The Bertz CT molecular complexity index is 353. The van der Waals surface area contributed by atoms with E-state index in [1.54, 1.807) is 0 Å². The molecule has 1 aliphatic rings. The zero-order valence-electron chi connectivity index (χ0n) is 11.8. The highest BCUT2D eigenvalue weighted by molar-refractivity contribution is 5.56. The Hall–Kier alpha value is -0.690. The number of aldehydes is 1. The van der Waals surface area contributed by atoms with E-state index in [-0.39, 0.29) is 6.29 Å². The van der Waals surface area contributed by atoms with Crippen molar-refractivity contribution >= 4 is 6.29 Å². The predicted molar refractivity (Wildman–Crippen MR) is 68.4 cm³/mol. The van der Waals surface area contributed by atoms with Gasteiger partial charge >= 0.3 is 0 Å². The lowest BCUT2D eigenvalue weighted by Gasteiger charge is -2.39. The smallest absolute Gasteiger partial charge is 0.186 e. The van der Waals surface area contributed by atoms with Gasteiger partial charge in [0.05, 0.1) is 12.7 Å². The van der Waals surface area contributed by atoms with Crippen LogP contribution >= 0.6 is 0 Å². The van der Waals surface area contributed by atoms with Crippen molar-refractivity contribution in [3.05, 3.63) is 0 Å². The molecule has 0 radical (unpaired) electrons. The quantitative estimate of drug-likeness (QED) is 0.225. The molecule has 1 heterocycles. The Morgan fingerprint density at radius 3 is 2.18 bits per heavy atom. The molecule has 7 N–H and O–H groups in total. The summed E-state index contributed by atoms with van der Waals surface area (Å²) in [5.74, 6) is 0. The second kappa shape index (κ2) is 8.24. The Kier molecular flexibility index (Phi) is 7.25. The minimum absolute atomic E-state index is 0.00507. The van der Waals surface area contributed by atoms with Crippen LogP contribution in [0.1, 0.15) is 6.92 Å². The fourth-order valence-corrected chi connectivity index (χ4v) is 1.95. The van der Waals surface area contributed by atoms with E-state index in [0.29, 0.717) is 0 Å². The maximum absolute atomic E-state index is 10.3. The van der Waals surface area contributed by atoms with Crippen LogP contribution < -0.4 is 0 Å². The van der Waals surface area contributed by atoms with Gasteiger partial charge < -0.3 is 50.0 Å². The number of aliphatic hydroxyl groups excluding tert-OH is 7. The lowest BCUT2D eigenvalue weighted by atomic mass is 10.00. The molecule has 0 aromatic carbocycles. The Morgan fingerprint density at radius 2 is 1.64 bits per heavy atom. The van der Waals surface area contributed by atoms with E-state index in [2.05, 4.69) is 0 Å². The third kappa shape index (κ3) is 4.41. The van der Waals surface area contributed by atoms with Gasteiger partial charge in [0.15, 0.2) is 12.6 Å². The number of aliphatic hydroxyl groups is 7. The van der Waals surface area contributed by atoms with E-state index >= 15 is 0 Å². The lowest BCUT2D eigenvalue weighted by molar-refractivity contribution is -0.299. The van der Waals surface area contributed by atoms with Gasteiger partial charge in [-0.1, -0.05) is 0 Å². The first-order valence-corrected chi connectivity index (χ1v) is 6.69. The van der Waals surface area contributed by atoms with Crippen LogP contribution in [0.5, 0.6) is 0 Å². The van der Waals surface area contributed by atoms with Crippen molar-refractivity contribution in [3.8, 4) is 0 Å². The first kappa shape index (κ1) is 19.4. The number of rotatable bonds is 7. The summed E-state index contributed by atoms with van der Waals surface area (Å²) in [5, 5.41) is 66.3. The van der Waals surface area contributed by atoms with E-state index in [1.165, 1.54) is 6.92 Å². The van der Waals surface area contributed by atoms with Gasteiger partial charge in [0, 0.05) is 0 Å². The van der Waals surface area contributed by atoms with Crippen molar-refractivity contribution in [1.29, 1.82) is 0 Å². The molecule has 0 spiro atoms. The van der Waals surface area contributed by atoms with Crippen molar-refractivity contribution in [3.63, 3.8) is 0 Å². The van der Waals surface area contributed by atoms with Gasteiger partial charge in [-0.05, 0) is 6.92 Å². The van der Waals surface area contributed by atoms with Crippen molar-refractivity contribution in [2.45, 2.75) is 62.0 Å². The van der Waals surface area contributed by atoms with E-state index in [4.69, 9.17) is 14.6 Å². The molecule has 10 nitrogen and oxygen atoms in total. The summed E-state index contributed by atoms with van der Waals surface area (Å²) in [4.78, 5) is 10.3. The van der Waals surface area contributed by atoms with Crippen LogP contribution in [0.25, 0.3) is 0 Å². The molecular weight excluding hydrogens is 304 g/mol. The molecule has 22 heavy (non-hydrogen) atoms. The topological polar surface area (TPSA) is 177 Å². The molecule has 0 bridgehead atoms. The molecule has 0 amide bonds. The van der Waals surface area contributed by atoms with Gasteiger partial charge in [0.1, 0.15) is 42.7 Å². The standard InChI is InChI=1S/C12H22O10/c1-4-7(16)10(19)11(20)12(22-4)21-3-6(15)9(18)8(17)5(14)2-13/h2,4-12,14-20H,3H2,1H3/t4-,5+,6-,7-,8+,9-,10-,11-,12+/m0/s1. The first-order chi connectivity index (χ1) is 10.2. The fourth-order valence-electron chi connectivity index (χ4n) is 1.95. The van der Waals surface area contributed by atoms with Crippen molar-refractivity contribution in [2.24, 2.45) is 0 Å². The molecular formula is C12H22O10. The third-order valence-electron chi connectivity index (χ3n) is 3.47. The number of hydrogen-bond donors (Lipinski definition) is 7. The van der Waals surface area contributed by atoms with Crippen molar-refractivity contribution in [1.82, 2.24) is 0 Å². The van der Waals surface area contributed by atoms with Gasteiger partial charge in [-0.15, -0.1) is 0 Å². The van der Waals surface area contributed by atoms with Crippen LogP contribution in [0, 0.1) is 0 Å². The van der Waals surface area contributed by atoms with Crippen LogP contribution in [0.15, 0.2) is 0 Å². The average Bonchev–Trinajstić information content (AvgIpc) is 2.52. The summed E-state index contributed by atoms with van der Waals surface area (Å²) >= 11 is 0. The molecule has 10 heteroatoms. The van der Waals surface area contributed by atoms with Gasteiger partial charge in [0.25, 0.3) is 0 Å². The SMILES string of the molecule is C[C@@H]1O[C@@H](OC[C@H](O)[C@H](O)[C@H](O)[C@H](O)C=O)[C@@H](O)[C@@H](O)[C@H]1O. The summed E-state index contributed by atoms with van der Waals surface area (Å²) in [6.45, 7) is 0.812. The van der Waals surface area contributed by atoms with Crippen LogP contribution in [0.3, 0.4) is 0 Å². The monoisotopic (exact) mass is 326 g/mol. The summed E-state index contributed by atoms with van der Waals surface area (Å²) in [6, 6.07) is 0. The zero-order chi connectivity index (χ0) is 17.0. The molecule has 0 unspecified atom stereocenters. The molecule has 0 saturated carbocycles. The summed E-state index contributed by atoms with van der Waals surface area (Å²) in [7, 11) is 0. The number of ether oxygens (including phenoxy) is 2. The summed E-state index contributed by atoms with van der Waals surface area (Å²) < 4.78 is 10.1.